The lowest BCUT2D eigenvalue weighted by molar-refractivity contribution is -0.129. The van der Waals surface area contributed by atoms with Crippen LogP contribution in [0, 0.1) is 17.6 Å². The number of halogens is 2. The maximum Gasteiger partial charge on any atom is 0.321 e. The van der Waals surface area contributed by atoms with Crippen molar-refractivity contribution < 1.29 is 18.4 Å². The van der Waals surface area contributed by atoms with Crippen molar-refractivity contribution in [1.82, 2.24) is 15.1 Å². The Morgan fingerprint density at radius 1 is 0.939 bits per heavy atom. The van der Waals surface area contributed by atoms with Gasteiger partial charge in [0.25, 0.3) is 0 Å². The standard InChI is InChI=1S/C25H30F2N4O2/c26-20-10-8-18(9-11-20)17-28-24(32)23(19-4-1-2-5-19)30-12-14-31(15-13-30)25(33)29-22-7-3-6-21(27)16-22/h3,6-11,16,19,23H,1-2,4-5,12-15,17H2,(H,28,32)(H,29,33). The molecule has 0 aromatic heterocycles. The van der Waals surface area contributed by atoms with Crippen LogP contribution in [0.3, 0.4) is 0 Å². The number of amides is 3. The molecule has 6 nitrogen and oxygen atoms in total. The van der Waals surface area contributed by atoms with Crippen LogP contribution >= 0.6 is 0 Å². The normalized spacial score (nSPS) is 18.2. The molecule has 1 unspecified atom stereocenters. The van der Waals surface area contributed by atoms with Crippen molar-refractivity contribution in [2.75, 3.05) is 31.5 Å². The van der Waals surface area contributed by atoms with Crippen molar-refractivity contribution in [2.24, 2.45) is 5.92 Å². The first-order chi connectivity index (χ1) is 16.0. The molecule has 2 aromatic rings. The Morgan fingerprint density at radius 2 is 1.64 bits per heavy atom. The van der Waals surface area contributed by atoms with Gasteiger partial charge >= 0.3 is 6.03 Å². The van der Waals surface area contributed by atoms with Crippen molar-refractivity contribution in [3.63, 3.8) is 0 Å². The first kappa shape index (κ1) is 23.2. The van der Waals surface area contributed by atoms with Crippen molar-refractivity contribution in [2.45, 2.75) is 38.3 Å². The van der Waals surface area contributed by atoms with Crippen molar-refractivity contribution >= 4 is 17.6 Å². The predicted octanol–water partition coefficient (Wildman–Crippen LogP) is 3.99. The summed E-state index contributed by atoms with van der Waals surface area (Å²) < 4.78 is 26.5. The summed E-state index contributed by atoms with van der Waals surface area (Å²) in [6.45, 7) is 2.55. The minimum Gasteiger partial charge on any atom is -0.351 e. The molecule has 1 atom stereocenters. The second-order valence-corrected chi connectivity index (χ2v) is 8.80. The molecule has 2 fully saturated rings. The molecule has 2 aliphatic rings. The van der Waals surface area contributed by atoms with Crippen LogP contribution in [0.15, 0.2) is 48.5 Å². The van der Waals surface area contributed by atoms with Crippen LogP contribution in [0.5, 0.6) is 0 Å². The van der Waals surface area contributed by atoms with Gasteiger partial charge in [0, 0.05) is 38.4 Å². The highest BCUT2D eigenvalue weighted by Gasteiger charge is 2.37. The zero-order valence-electron chi connectivity index (χ0n) is 18.6. The Hall–Kier alpha value is -3.00. The van der Waals surface area contributed by atoms with E-state index in [9.17, 15) is 18.4 Å². The number of urea groups is 1. The number of benzene rings is 2. The third-order valence-corrected chi connectivity index (χ3v) is 6.57. The van der Waals surface area contributed by atoms with Gasteiger partial charge in [-0.15, -0.1) is 0 Å². The van der Waals surface area contributed by atoms with Gasteiger partial charge in [-0.05, 0) is 54.7 Å². The highest BCUT2D eigenvalue weighted by molar-refractivity contribution is 5.89. The molecule has 0 spiro atoms. The maximum atomic E-state index is 13.4. The van der Waals surface area contributed by atoms with Gasteiger partial charge in [0.15, 0.2) is 0 Å². The highest BCUT2D eigenvalue weighted by Crippen LogP contribution is 2.31. The van der Waals surface area contributed by atoms with E-state index in [1.807, 2.05) is 0 Å². The molecule has 8 heteroatoms. The zero-order valence-corrected chi connectivity index (χ0v) is 18.6. The van der Waals surface area contributed by atoms with Crippen LogP contribution in [-0.4, -0.2) is 54.0 Å². The number of nitrogens with one attached hydrogen (secondary N) is 2. The SMILES string of the molecule is O=C(NCc1ccc(F)cc1)C(C1CCCC1)N1CCN(C(=O)Nc2cccc(F)c2)CC1. The Labute approximate surface area is 192 Å². The fourth-order valence-electron chi connectivity index (χ4n) is 4.82. The fourth-order valence-corrected chi connectivity index (χ4v) is 4.82. The third kappa shape index (κ3) is 6.07. The van der Waals surface area contributed by atoms with Crippen LogP contribution < -0.4 is 10.6 Å². The van der Waals surface area contributed by atoms with Gasteiger partial charge in [-0.3, -0.25) is 9.69 Å². The number of piperazine rings is 1. The molecular formula is C25H30F2N4O2. The van der Waals surface area contributed by atoms with Gasteiger partial charge in [-0.1, -0.05) is 31.0 Å². The molecule has 2 N–H and O–H groups in total. The van der Waals surface area contributed by atoms with Gasteiger partial charge in [0.2, 0.25) is 5.91 Å². The van der Waals surface area contributed by atoms with E-state index in [2.05, 4.69) is 15.5 Å². The Bertz CT molecular complexity index is 955. The molecule has 0 bridgehead atoms. The maximum absolute atomic E-state index is 13.4. The lowest BCUT2D eigenvalue weighted by Gasteiger charge is -2.40. The van der Waals surface area contributed by atoms with Crippen molar-refractivity contribution in [3.05, 3.63) is 65.7 Å². The van der Waals surface area contributed by atoms with Crippen LogP contribution in [0.2, 0.25) is 0 Å². The first-order valence-electron chi connectivity index (χ1n) is 11.6. The number of nitrogens with zero attached hydrogens (tertiary/aromatic N) is 2. The molecule has 176 valence electrons. The molecule has 3 amide bonds. The predicted molar refractivity (Wildman–Crippen MR) is 123 cm³/mol. The molecule has 4 rings (SSSR count). The van der Waals surface area contributed by atoms with E-state index in [1.165, 1.54) is 24.3 Å². The van der Waals surface area contributed by atoms with Gasteiger partial charge < -0.3 is 15.5 Å². The summed E-state index contributed by atoms with van der Waals surface area (Å²) in [7, 11) is 0. The molecule has 33 heavy (non-hydrogen) atoms. The second kappa shape index (κ2) is 10.7. The van der Waals surface area contributed by atoms with Gasteiger partial charge in [-0.25, -0.2) is 13.6 Å². The Morgan fingerprint density at radius 3 is 2.30 bits per heavy atom. The largest absolute Gasteiger partial charge is 0.351 e. The summed E-state index contributed by atoms with van der Waals surface area (Å²) in [6, 6.07) is 11.5. The third-order valence-electron chi connectivity index (χ3n) is 6.57. The average Bonchev–Trinajstić information content (AvgIpc) is 3.34. The number of carbonyl (C=O) groups excluding carboxylic acids is 2. The van der Waals surface area contributed by atoms with Crippen LogP contribution in [0.1, 0.15) is 31.2 Å². The molecule has 2 aromatic carbocycles. The number of anilines is 1. The van der Waals surface area contributed by atoms with Crippen molar-refractivity contribution in [1.29, 1.82) is 0 Å². The molecule has 0 radical (unpaired) electrons. The number of carbonyl (C=O) groups is 2. The summed E-state index contributed by atoms with van der Waals surface area (Å²) in [5, 5.41) is 5.77. The summed E-state index contributed by atoms with van der Waals surface area (Å²) >= 11 is 0. The lowest BCUT2D eigenvalue weighted by Crippen LogP contribution is -2.58. The van der Waals surface area contributed by atoms with E-state index in [4.69, 9.17) is 0 Å². The van der Waals surface area contributed by atoms with Crippen molar-refractivity contribution in [3.8, 4) is 0 Å². The summed E-state index contributed by atoms with van der Waals surface area (Å²) in [5.41, 5.74) is 1.28. The molecule has 1 saturated carbocycles. The number of rotatable bonds is 6. The summed E-state index contributed by atoms with van der Waals surface area (Å²) in [4.78, 5) is 29.7. The molecule has 1 aliphatic carbocycles. The second-order valence-electron chi connectivity index (χ2n) is 8.80. The van der Waals surface area contributed by atoms with E-state index >= 15 is 0 Å². The Kier molecular flexibility index (Phi) is 7.54. The quantitative estimate of drug-likeness (QED) is 0.691. The molecule has 1 saturated heterocycles. The van der Waals surface area contributed by atoms with E-state index in [0.717, 1.165) is 31.2 Å². The van der Waals surface area contributed by atoms with Gasteiger partial charge in [0.05, 0.1) is 6.04 Å². The Balaban J connectivity index is 1.34. The van der Waals surface area contributed by atoms with E-state index < -0.39 is 5.82 Å². The van der Waals surface area contributed by atoms with E-state index in [1.54, 1.807) is 29.2 Å². The van der Waals surface area contributed by atoms with E-state index in [-0.39, 0.29) is 23.8 Å². The van der Waals surface area contributed by atoms with Crippen LogP contribution in [-0.2, 0) is 11.3 Å². The van der Waals surface area contributed by atoms with Crippen LogP contribution in [0.25, 0.3) is 0 Å². The van der Waals surface area contributed by atoms with Gasteiger partial charge in [0.1, 0.15) is 11.6 Å². The average molecular weight is 457 g/mol. The fraction of sp³-hybridized carbons (Fsp3) is 0.440. The topological polar surface area (TPSA) is 64.7 Å². The van der Waals surface area contributed by atoms with Crippen LogP contribution in [0.4, 0.5) is 19.3 Å². The molecular weight excluding hydrogens is 426 g/mol. The molecule has 1 aliphatic heterocycles. The minimum atomic E-state index is -0.399. The highest BCUT2D eigenvalue weighted by atomic mass is 19.1. The summed E-state index contributed by atoms with van der Waals surface area (Å²) in [5.74, 6) is -0.410. The lowest BCUT2D eigenvalue weighted by atomic mass is 9.95. The minimum absolute atomic E-state index is 0.0103. The summed E-state index contributed by atoms with van der Waals surface area (Å²) in [6.07, 6.45) is 4.30. The van der Waals surface area contributed by atoms with E-state index in [0.29, 0.717) is 44.3 Å². The first-order valence-corrected chi connectivity index (χ1v) is 11.6. The molecule has 1 heterocycles. The zero-order chi connectivity index (χ0) is 23.2. The number of hydrogen-bond acceptors (Lipinski definition) is 3. The van der Waals surface area contributed by atoms with Gasteiger partial charge in [-0.2, -0.15) is 0 Å². The monoisotopic (exact) mass is 456 g/mol. The number of hydrogen-bond donors (Lipinski definition) is 2. The smallest absolute Gasteiger partial charge is 0.321 e.